The molecule has 1 amide bonds. The molecule has 0 spiro atoms. The molecule has 3 aromatic carbocycles. The molecule has 1 heterocycles. The zero-order chi connectivity index (χ0) is 24.4. The number of aromatic nitrogens is 1. The van der Waals surface area contributed by atoms with E-state index in [1.54, 1.807) is 18.2 Å². The molecule has 0 atom stereocenters. The van der Waals surface area contributed by atoms with Gasteiger partial charge in [0.2, 0.25) is 5.89 Å². The third kappa shape index (κ3) is 4.89. The number of carbonyl (C=O) groups excluding carboxylic acids is 1. The van der Waals surface area contributed by atoms with Crippen LogP contribution >= 0.6 is 28.1 Å². The number of fused-ring (bicyclic) bond motifs is 1. The maximum Gasteiger partial charge on any atom is 0.277 e. The van der Waals surface area contributed by atoms with Crippen LogP contribution in [0.1, 0.15) is 10.4 Å². The molecule has 0 fully saturated rings. The lowest BCUT2D eigenvalue weighted by molar-refractivity contribution is -0.394. The first-order valence-corrected chi connectivity index (χ1v) is 10.6. The summed E-state index contributed by atoms with van der Waals surface area (Å²) in [7, 11) is 0. The quantitative estimate of drug-likeness (QED) is 0.197. The average Bonchev–Trinajstić information content (AvgIpc) is 3.22. The lowest BCUT2D eigenvalue weighted by Gasteiger charge is -2.09. The molecule has 11 nitrogen and oxygen atoms in total. The van der Waals surface area contributed by atoms with Crippen molar-refractivity contribution in [1.29, 1.82) is 0 Å². The number of thiocarbonyl (C=S) groups is 1. The van der Waals surface area contributed by atoms with E-state index in [0.717, 1.165) is 28.2 Å². The maximum absolute atomic E-state index is 12.5. The highest BCUT2D eigenvalue weighted by Gasteiger charge is 2.20. The zero-order valence-electron chi connectivity index (χ0n) is 16.9. The lowest BCUT2D eigenvalue weighted by Crippen LogP contribution is -2.34. The summed E-state index contributed by atoms with van der Waals surface area (Å²) in [6.07, 6.45) is 0. The van der Waals surface area contributed by atoms with Crippen molar-refractivity contribution >= 4 is 67.3 Å². The summed E-state index contributed by atoms with van der Waals surface area (Å²) in [6.45, 7) is 0. The van der Waals surface area contributed by atoms with Crippen molar-refractivity contribution in [2.75, 3.05) is 5.32 Å². The van der Waals surface area contributed by atoms with E-state index in [4.69, 9.17) is 16.6 Å². The van der Waals surface area contributed by atoms with E-state index in [9.17, 15) is 25.0 Å². The summed E-state index contributed by atoms with van der Waals surface area (Å²) in [4.78, 5) is 37.4. The fourth-order valence-corrected chi connectivity index (χ4v) is 3.69. The molecule has 0 unspecified atom stereocenters. The van der Waals surface area contributed by atoms with Crippen molar-refractivity contribution in [3.63, 3.8) is 0 Å². The van der Waals surface area contributed by atoms with Crippen LogP contribution in [0.3, 0.4) is 0 Å². The second-order valence-corrected chi connectivity index (χ2v) is 8.10. The van der Waals surface area contributed by atoms with Crippen molar-refractivity contribution in [1.82, 2.24) is 10.3 Å². The second kappa shape index (κ2) is 9.33. The topological polar surface area (TPSA) is 153 Å². The van der Waals surface area contributed by atoms with Crippen molar-refractivity contribution in [2.45, 2.75) is 0 Å². The first-order chi connectivity index (χ1) is 16.2. The summed E-state index contributed by atoms with van der Waals surface area (Å²) in [6, 6.07) is 15.1. The molecule has 0 radical (unpaired) electrons. The van der Waals surface area contributed by atoms with Gasteiger partial charge in [-0.2, -0.15) is 0 Å². The monoisotopic (exact) mass is 541 g/mol. The minimum absolute atomic E-state index is 0.118. The third-order valence-electron chi connectivity index (χ3n) is 4.56. The Balaban J connectivity index is 1.51. The Bertz CT molecular complexity index is 1460. The van der Waals surface area contributed by atoms with E-state index >= 15 is 0 Å². The Morgan fingerprint density at radius 2 is 1.68 bits per heavy atom. The van der Waals surface area contributed by atoms with Crippen LogP contribution in [0.5, 0.6) is 0 Å². The molecular weight excluding hydrogens is 530 g/mol. The number of oxazole rings is 1. The van der Waals surface area contributed by atoms with Crippen molar-refractivity contribution in [3.05, 3.63) is 90.9 Å². The highest BCUT2D eigenvalue weighted by Crippen LogP contribution is 2.31. The highest BCUT2D eigenvalue weighted by molar-refractivity contribution is 9.10. The van der Waals surface area contributed by atoms with Gasteiger partial charge < -0.3 is 9.73 Å². The molecule has 4 rings (SSSR count). The number of rotatable bonds is 5. The van der Waals surface area contributed by atoms with Gasteiger partial charge in [-0.25, -0.2) is 4.98 Å². The summed E-state index contributed by atoms with van der Waals surface area (Å²) >= 11 is 8.60. The molecule has 0 saturated heterocycles. The molecule has 0 saturated carbocycles. The number of hydrogen-bond donors (Lipinski definition) is 2. The van der Waals surface area contributed by atoms with Crippen LogP contribution < -0.4 is 10.6 Å². The minimum Gasteiger partial charge on any atom is -0.436 e. The largest absolute Gasteiger partial charge is 0.436 e. The Morgan fingerprint density at radius 1 is 1.00 bits per heavy atom. The number of nitro benzene ring substituents is 2. The number of nitrogens with one attached hydrogen (secondary N) is 2. The second-order valence-electron chi connectivity index (χ2n) is 6.84. The number of hydrogen-bond acceptors (Lipinski definition) is 8. The molecule has 170 valence electrons. The van der Waals surface area contributed by atoms with Gasteiger partial charge in [0.15, 0.2) is 10.7 Å². The molecule has 1 aromatic heterocycles. The van der Waals surface area contributed by atoms with Crippen LogP contribution in [-0.4, -0.2) is 25.9 Å². The number of halogens is 1. The van der Waals surface area contributed by atoms with Gasteiger partial charge in [-0.15, -0.1) is 0 Å². The molecule has 0 aliphatic carbocycles. The van der Waals surface area contributed by atoms with E-state index < -0.39 is 27.1 Å². The first-order valence-electron chi connectivity index (χ1n) is 9.43. The number of nitrogens with zero attached hydrogens (tertiary/aromatic N) is 3. The fourth-order valence-electron chi connectivity index (χ4n) is 3.03. The molecule has 13 heteroatoms. The molecule has 0 aliphatic heterocycles. The van der Waals surface area contributed by atoms with Gasteiger partial charge in [-0.1, -0.05) is 12.1 Å². The van der Waals surface area contributed by atoms with E-state index in [1.807, 2.05) is 24.3 Å². The van der Waals surface area contributed by atoms with Gasteiger partial charge in [0.1, 0.15) is 5.52 Å². The molecule has 34 heavy (non-hydrogen) atoms. The first kappa shape index (κ1) is 22.9. The van der Waals surface area contributed by atoms with Crippen LogP contribution in [-0.2, 0) is 0 Å². The van der Waals surface area contributed by atoms with Gasteiger partial charge in [0, 0.05) is 22.3 Å². The van der Waals surface area contributed by atoms with Gasteiger partial charge >= 0.3 is 0 Å². The predicted molar refractivity (Wildman–Crippen MR) is 131 cm³/mol. The predicted octanol–water partition coefficient (Wildman–Crippen LogP) is 5.20. The Labute approximate surface area is 204 Å². The SMILES string of the molecule is O=C(NC(=S)Nc1ccc2oc(-c3ccccc3Br)nc2c1)c1cc([N+](=O)[O-])cc([N+](=O)[O-])c1. The average molecular weight is 542 g/mol. The van der Waals surface area contributed by atoms with Crippen molar-refractivity contribution < 1.29 is 19.1 Å². The smallest absolute Gasteiger partial charge is 0.277 e. The molecule has 0 aliphatic rings. The number of anilines is 1. The van der Waals surface area contributed by atoms with E-state index in [2.05, 4.69) is 31.5 Å². The minimum atomic E-state index is -0.844. The van der Waals surface area contributed by atoms with Crippen molar-refractivity contribution in [3.8, 4) is 11.5 Å². The number of non-ortho nitro benzene ring substituents is 2. The summed E-state index contributed by atoms with van der Waals surface area (Å²) in [5.74, 6) is -0.425. The Kier molecular flexibility index (Phi) is 6.30. The highest BCUT2D eigenvalue weighted by atomic mass is 79.9. The van der Waals surface area contributed by atoms with Crippen LogP contribution in [0.25, 0.3) is 22.6 Å². The lowest BCUT2D eigenvalue weighted by atomic mass is 10.1. The van der Waals surface area contributed by atoms with E-state index in [0.29, 0.717) is 22.7 Å². The fraction of sp³-hybridized carbons (Fsp3) is 0. The standard InChI is InChI=1S/C21H12BrN5O6S/c22-16-4-2-1-3-15(16)20-24-17-9-12(5-6-18(17)33-20)23-21(34)25-19(28)11-7-13(26(29)30)10-14(8-11)27(31)32/h1-10H,(H2,23,25,28,34). The molecule has 4 aromatic rings. The summed E-state index contributed by atoms with van der Waals surface area (Å²) < 4.78 is 6.62. The van der Waals surface area contributed by atoms with Gasteiger partial charge in [-0.05, 0) is 58.5 Å². The normalized spacial score (nSPS) is 10.6. The molecule has 2 N–H and O–H groups in total. The number of amides is 1. The number of benzene rings is 3. The van der Waals surface area contributed by atoms with Crippen LogP contribution in [0.4, 0.5) is 17.1 Å². The van der Waals surface area contributed by atoms with E-state index in [-0.39, 0.29) is 10.7 Å². The van der Waals surface area contributed by atoms with Gasteiger partial charge in [0.05, 0.1) is 27.0 Å². The maximum atomic E-state index is 12.5. The summed E-state index contributed by atoms with van der Waals surface area (Å²) in [5.41, 5.74) is 0.896. The van der Waals surface area contributed by atoms with Crippen LogP contribution in [0.2, 0.25) is 0 Å². The Morgan fingerprint density at radius 3 is 2.32 bits per heavy atom. The summed E-state index contributed by atoms with van der Waals surface area (Å²) in [5, 5.41) is 27.1. The van der Waals surface area contributed by atoms with Crippen molar-refractivity contribution in [2.24, 2.45) is 0 Å². The van der Waals surface area contributed by atoms with Crippen LogP contribution in [0, 0.1) is 20.2 Å². The van der Waals surface area contributed by atoms with E-state index in [1.165, 1.54) is 0 Å². The van der Waals surface area contributed by atoms with Gasteiger partial charge in [-0.3, -0.25) is 30.3 Å². The molecular formula is C21H12BrN5O6S. The molecule has 0 bridgehead atoms. The van der Waals surface area contributed by atoms with Crippen LogP contribution in [0.15, 0.2) is 69.6 Å². The third-order valence-corrected chi connectivity index (χ3v) is 5.46. The number of nitro groups is 2. The zero-order valence-corrected chi connectivity index (χ0v) is 19.3. The number of carbonyl (C=O) groups is 1. The van der Waals surface area contributed by atoms with Gasteiger partial charge in [0.25, 0.3) is 17.3 Å². The Hall–Kier alpha value is -4.23.